The van der Waals surface area contributed by atoms with E-state index < -0.39 is 0 Å². The molecule has 1 saturated carbocycles. The van der Waals surface area contributed by atoms with E-state index in [1.807, 2.05) is 6.07 Å². The Morgan fingerprint density at radius 2 is 1.79 bits per heavy atom. The molecule has 0 aliphatic heterocycles. The largest absolute Gasteiger partial charge is 0.497 e. The maximum Gasteiger partial charge on any atom is 0.119 e. The zero-order valence-corrected chi connectivity index (χ0v) is 11.6. The molecule has 0 heterocycles. The van der Waals surface area contributed by atoms with Crippen LogP contribution >= 0.6 is 0 Å². The molecule has 100 valence electrons. The van der Waals surface area contributed by atoms with E-state index in [-0.39, 0.29) is 6.04 Å². The van der Waals surface area contributed by atoms with Crippen LogP contribution in [0.4, 0.5) is 0 Å². The Morgan fingerprint density at radius 3 is 2.47 bits per heavy atom. The fraction of sp³-hybridized carbons (Fsp3) is 0.412. The van der Waals surface area contributed by atoms with Gasteiger partial charge in [-0.1, -0.05) is 25.1 Å². The highest BCUT2D eigenvalue weighted by Gasteiger charge is 2.32. The minimum atomic E-state index is 0.152. The fourth-order valence-corrected chi connectivity index (χ4v) is 2.80. The number of nitrogens with two attached hydrogens (primary N) is 1. The predicted octanol–water partition coefficient (Wildman–Crippen LogP) is 3.89. The first-order chi connectivity index (χ1) is 9.19. The third kappa shape index (κ3) is 2.45. The van der Waals surface area contributed by atoms with Gasteiger partial charge in [0, 0.05) is 6.04 Å². The molecule has 0 saturated heterocycles. The highest BCUT2D eigenvalue weighted by molar-refractivity contribution is 5.84. The molecule has 2 aromatic rings. The summed E-state index contributed by atoms with van der Waals surface area (Å²) in [6.07, 6.45) is 2.69. The zero-order chi connectivity index (χ0) is 13.4. The van der Waals surface area contributed by atoms with Crippen LogP contribution in [0.25, 0.3) is 10.8 Å². The molecule has 2 atom stereocenters. The smallest absolute Gasteiger partial charge is 0.119 e. The van der Waals surface area contributed by atoms with Gasteiger partial charge in [-0.2, -0.15) is 0 Å². The van der Waals surface area contributed by atoms with Crippen LogP contribution in [0.5, 0.6) is 5.75 Å². The maximum atomic E-state index is 6.40. The van der Waals surface area contributed by atoms with E-state index >= 15 is 0 Å². The molecule has 3 rings (SSSR count). The van der Waals surface area contributed by atoms with E-state index in [0.29, 0.717) is 5.92 Å². The third-order valence-corrected chi connectivity index (χ3v) is 4.39. The number of methoxy groups -OCH3 is 1. The minimum absolute atomic E-state index is 0.152. The first-order valence-electron chi connectivity index (χ1n) is 7.02. The highest BCUT2D eigenvalue weighted by Crippen LogP contribution is 2.42. The van der Waals surface area contributed by atoms with Crippen molar-refractivity contribution in [2.24, 2.45) is 17.6 Å². The van der Waals surface area contributed by atoms with Gasteiger partial charge < -0.3 is 10.5 Å². The van der Waals surface area contributed by atoms with Crippen molar-refractivity contribution in [3.05, 3.63) is 42.0 Å². The Morgan fingerprint density at radius 1 is 1.11 bits per heavy atom. The minimum Gasteiger partial charge on any atom is -0.497 e. The molecule has 2 nitrogen and oxygen atoms in total. The Hall–Kier alpha value is -1.54. The van der Waals surface area contributed by atoms with Crippen molar-refractivity contribution in [1.29, 1.82) is 0 Å². The lowest BCUT2D eigenvalue weighted by atomic mass is 9.90. The third-order valence-electron chi connectivity index (χ3n) is 4.39. The summed E-state index contributed by atoms with van der Waals surface area (Å²) in [6.45, 7) is 2.28. The van der Waals surface area contributed by atoms with Gasteiger partial charge in [0.05, 0.1) is 7.11 Å². The fourth-order valence-electron chi connectivity index (χ4n) is 2.80. The van der Waals surface area contributed by atoms with Crippen molar-refractivity contribution in [3.63, 3.8) is 0 Å². The average molecular weight is 255 g/mol. The molecule has 1 aliphatic carbocycles. The molecular formula is C17H21NO. The molecule has 2 unspecified atom stereocenters. The van der Waals surface area contributed by atoms with E-state index in [1.165, 1.54) is 29.2 Å². The summed E-state index contributed by atoms with van der Waals surface area (Å²) in [4.78, 5) is 0. The van der Waals surface area contributed by atoms with Crippen LogP contribution in [0.1, 0.15) is 31.4 Å². The first-order valence-corrected chi connectivity index (χ1v) is 7.02. The van der Waals surface area contributed by atoms with Crippen LogP contribution in [0.15, 0.2) is 36.4 Å². The molecule has 0 radical (unpaired) electrons. The van der Waals surface area contributed by atoms with Crippen LogP contribution in [-0.4, -0.2) is 7.11 Å². The quantitative estimate of drug-likeness (QED) is 0.899. The summed E-state index contributed by atoms with van der Waals surface area (Å²) in [5, 5.41) is 2.44. The number of hydrogen-bond donors (Lipinski definition) is 1. The molecule has 1 aliphatic rings. The number of hydrogen-bond acceptors (Lipinski definition) is 2. The van der Waals surface area contributed by atoms with E-state index in [2.05, 4.69) is 37.3 Å². The predicted molar refractivity (Wildman–Crippen MR) is 79.3 cm³/mol. The number of fused-ring (bicyclic) bond motifs is 1. The van der Waals surface area contributed by atoms with Gasteiger partial charge in [0.15, 0.2) is 0 Å². The second-order valence-electron chi connectivity index (χ2n) is 5.69. The van der Waals surface area contributed by atoms with Crippen molar-refractivity contribution in [2.45, 2.75) is 25.8 Å². The Bertz CT molecular complexity index is 589. The van der Waals surface area contributed by atoms with Gasteiger partial charge in [0.25, 0.3) is 0 Å². The van der Waals surface area contributed by atoms with Gasteiger partial charge in [-0.3, -0.25) is 0 Å². The van der Waals surface area contributed by atoms with Gasteiger partial charge in [0.1, 0.15) is 5.75 Å². The molecule has 1 fully saturated rings. The summed E-state index contributed by atoms with van der Waals surface area (Å²) < 4.78 is 5.25. The molecule has 2 heteroatoms. The number of ether oxygens (including phenoxy) is 1. The molecule has 19 heavy (non-hydrogen) atoms. The summed E-state index contributed by atoms with van der Waals surface area (Å²) in [5.74, 6) is 2.31. The lowest BCUT2D eigenvalue weighted by Crippen LogP contribution is -2.20. The van der Waals surface area contributed by atoms with Gasteiger partial charge in [-0.15, -0.1) is 0 Å². The van der Waals surface area contributed by atoms with E-state index in [9.17, 15) is 0 Å². The molecule has 2 aromatic carbocycles. The zero-order valence-electron chi connectivity index (χ0n) is 11.6. The summed E-state index contributed by atoms with van der Waals surface area (Å²) >= 11 is 0. The SMILES string of the molecule is COc1ccc2cc(C(N)C(C)C3CC3)ccc2c1. The summed E-state index contributed by atoms with van der Waals surface area (Å²) in [5.41, 5.74) is 7.65. The second-order valence-corrected chi connectivity index (χ2v) is 5.69. The second kappa shape index (κ2) is 4.86. The van der Waals surface area contributed by atoms with Gasteiger partial charge in [-0.05, 0) is 59.2 Å². The summed E-state index contributed by atoms with van der Waals surface area (Å²) in [7, 11) is 1.70. The Labute approximate surface area is 114 Å². The van der Waals surface area contributed by atoms with E-state index in [1.54, 1.807) is 7.11 Å². The van der Waals surface area contributed by atoms with Gasteiger partial charge >= 0.3 is 0 Å². The Balaban J connectivity index is 1.92. The number of benzene rings is 2. The standard InChI is InChI=1S/C17H21NO/c1-11(12-3-4-12)17(18)15-6-5-14-10-16(19-2)8-7-13(14)9-15/h5-12,17H,3-4,18H2,1-2H3. The van der Waals surface area contributed by atoms with E-state index in [0.717, 1.165) is 11.7 Å². The normalized spacial score (nSPS) is 18.3. The average Bonchev–Trinajstić information content (AvgIpc) is 3.29. The van der Waals surface area contributed by atoms with Crippen LogP contribution in [0.2, 0.25) is 0 Å². The van der Waals surface area contributed by atoms with Crippen molar-refractivity contribution < 1.29 is 4.74 Å². The van der Waals surface area contributed by atoms with Crippen molar-refractivity contribution in [2.75, 3.05) is 7.11 Å². The van der Waals surface area contributed by atoms with Gasteiger partial charge in [-0.25, -0.2) is 0 Å². The van der Waals surface area contributed by atoms with Crippen molar-refractivity contribution in [3.8, 4) is 5.75 Å². The molecule has 0 spiro atoms. The number of rotatable bonds is 4. The van der Waals surface area contributed by atoms with Crippen LogP contribution in [-0.2, 0) is 0 Å². The van der Waals surface area contributed by atoms with Crippen molar-refractivity contribution >= 4 is 10.8 Å². The molecule has 0 amide bonds. The molecule has 0 aromatic heterocycles. The van der Waals surface area contributed by atoms with Crippen LogP contribution in [0.3, 0.4) is 0 Å². The molecule has 2 N–H and O–H groups in total. The monoisotopic (exact) mass is 255 g/mol. The van der Waals surface area contributed by atoms with E-state index in [4.69, 9.17) is 10.5 Å². The first kappa shape index (κ1) is 12.5. The lowest BCUT2D eigenvalue weighted by molar-refractivity contribution is 0.415. The maximum absolute atomic E-state index is 6.40. The molecular weight excluding hydrogens is 234 g/mol. The lowest BCUT2D eigenvalue weighted by Gasteiger charge is -2.20. The highest BCUT2D eigenvalue weighted by atomic mass is 16.5. The Kier molecular flexibility index (Phi) is 3.19. The van der Waals surface area contributed by atoms with Crippen LogP contribution in [0, 0.1) is 11.8 Å². The summed E-state index contributed by atoms with van der Waals surface area (Å²) in [6, 6.07) is 12.8. The molecule has 0 bridgehead atoms. The topological polar surface area (TPSA) is 35.2 Å². The van der Waals surface area contributed by atoms with Crippen LogP contribution < -0.4 is 10.5 Å². The van der Waals surface area contributed by atoms with Crippen molar-refractivity contribution in [1.82, 2.24) is 0 Å². The van der Waals surface area contributed by atoms with Gasteiger partial charge in [0.2, 0.25) is 0 Å².